The van der Waals surface area contributed by atoms with Gasteiger partial charge in [0.25, 0.3) is 11.1 Å². The summed E-state index contributed by atoms with van der Waals surface area (Å²) in [4.78, 5) is 34.5. The van der Waals surface area contributed by atoms with E-state index in [0.717, 1.165) is 24.9 Å². The molecule has 168 valence electrons. The van der Waals surface area contributed by atoms with E-state index in [2.05, 4.69) is 10.1 Å². The summed E-state index contributed by atoms with van der Waals surface area (Å²) < 4.78 is 50.6. The maximum atomic E-state index is 13.5. The fourth-order valence-corrected chi connectivity index (χ4v) is 3.56. The molecule has 11 heteroatoms. The molecule has 7 nitrogen and oxygen atoms in total. The average molecular weight is 466 g/mol. The maximum absolute atomic E-state index is 13.5. The van der Waals surface area contributed by atoms with Crippen LogP contribution in [0, 0.1) is 0 Å². The third-order valence-electron chi connectivity index (χ3n) is 4.39. The summed E-state index contributed by atoms with van der Waals surface area (Å²) in [6.45, 7) is 0. The maximum Gasteiger partial charge on any atom is 0.416 e. The number of hydrogen-bond acceptors (Lipinski definition) is 7. The summed E-state index contributed by atoms with van der Waals surface area (Å²) in [6, 6.07) is 8.36. The minimum atomic E-state index is -4.68. The van der Waals surface area contributed by atoms with Gasteiger partial charge in [0.1, 0.15) is 17.5 Å². The monoisotopic (exact) mass is 466 g/mol. The van der Waals surface area contributed by atoms with Crippen molar-refractivity contribution in [2.75, 3.05) is 7.11 Å². The average Bonchev–Trinajstić information content (AvgIpc) is 3.05. The predicted octanol–water partition coefficient (Wildman–Crippen LogP) is 3.86. The molecule has 0 aliphatic carbocycles. The molecule has 1 aliphatic rings. The molecule has 3 rings (SSSR count). The summed E-state index contributed by atoms with van der Waals surface area (Å²) >= 11 is 0.774. The molecule has 1 aliphatic heterocycles. The number of imide groups is 1. The Hall–Kier alpha value is -3.31. The summed E-state index contributed by atoms with van der Waals surface area (Å²) in [7, 11) is 1.10. The number of carbonyl (C=O) groups excluding carboxylic acids is 3. The van der Waals surface area contributed by atoms with E-state index in [1.165, 1.54) is 30.3 Å². The molecular weight excluding hydrogens is 449 g/mol. The normalized spacial score (nSPS) is 16.1. The number of hydrogen-bond donors (Lipinski definition) is 2. The van der Waals surface area contributed by atoms with Gasteiger partial charge in [-0.2, -0.15) is 13.2 Å². The zero-order chi connectivity index (χ0) is 23.5. The first-order chi connectivity index (χ1) is 15.1. The second kappa shape index (κ2) is 9.45. The van der Waals surface area contributed by atoms with Gasteiger partial charge in [-0.05, 0) is 59.7 Å². The lowest BCUT2D eigenvalue weighted by Crippen LogP contribution is -2.34. The van der Waals surface area contributed by atoms with E-state index in [-0.39, 0.29) is 28.4 Å². The minimum Gasteiger partial charge on any atom is -0.468 e. The Morgan fingerprint density at radius 3 is 2.38 bits per heavy atom. The Bertz CT molecular complexity index is 1080. The summed E-state index contributed by atoms with van der Waals surface area (Å²) in [5.41, 5.74) is 5.08. The van der Waals surface area contributed by atoms with Crippen LogP contribution in [0.1, 0.15) is 16.7 Å². The number of methoxy groups -OCH3 is 1. The molecule has 2 aromatic carbocycles. The molecule has 2 aromatic rings. The van der Waals surface area contributed by atoms with Crippen LogP contribution in [0.4, 0.5) is 18.0 Å². The molecule has 1 fully saturated rings. The van der Waals surface area contributed by atoms with E-state index < -0.39 is 34.9 Å². The Morgan fingerprint density at radius 2 is 1.81 bits per heavy atom. The predicted molar refractivity (Wildman–Crippen MR) is 111 cm³/mol. The second-order valence-electron chi connectivity index (χ2n) is 6.67. The molecule has 1 heterocycles. The lowest BCUT2D eigenvalue weighted by molar-refractivity contribution is -0.143. The van der Waals surface area contributed by atoms with E-state index in [1.54, 1.807) is 12.1 Å². The van der Waals surface area contributed by atoms with Gasteiger partial charge in [-0.3, -0.25) is 19.7 Å². The first-order valence-electron chi connectivity index (χ1n) is 9.13. The number of halogens is 3. The first kappa shape index (κ1) is 23.4. The van der Waals surface area contributed by atoms with Gasteiger partial charge < -0.3 is 15.2 Å². The number of amides is 2. The smallest absolute Gasteiger partial charge is 0.416 e. The van der Waals surface area contributed by atoms with Crippen LogP contribution in [0.5, 0.6) is 11.5 Å². The van der Waals surface area contributed by atoms with Gasteiger partial charge in [-0.25, -0.2) is 0 Å². The summed E-state index contributed by atoms with van der Waals surface area (Å²) in [6.07, 6.45) is -3.52. The van der Waals surface area contributed by atoms with Gasteiger partial charge in [-0.1, -0.05) is 18.2 Å². The van der Waals surface area contributed by atoms with Crippen molar-refractivity contribution in [1.29, 1.82) is 0 Å². The number of alkyl halides is 3. The van der Waals surface area contributed by atoms with Crippen molar-refractivity contribution in [2.24, 2.45) is 5.73 Å². The van der Waals surface area contributed by atoms with Crippen molar-refractivity contribution in [3.63, 3.8) is 0 Å². The van der Waals surface area contributed by atoms with Crippen molar-refractivity contribution in [3.8, 4) is 11.5 Å². The van der Waals surface area contributed by atoms with E-state index in [1.807, 2.05) is 0 Å². The third-order valence-corrected chi connectivity index (χ3v) is 5.20. The Labute approximate surface area is 184 Å². The van der Waals surface area contributed by atoms with E-state index in [4.69, 9.17) is 10.5 Å². The molecule has 2 amide bonds. The summed E-state index contributed by atoms with van der Waals surface area (Å²) in [5.74, 6) is -1.10. The Kier molecular flexibility index (Phi) is 6.90. The number of esters is 1. The van der Waals surface area contributed by atoms with Crippen molar-refractivity contribution >= 4 is 35.0 Å². The number of nitrogens with two attached hydrogens (primary N) is 1. The Morgan fingerprint density at radius 1 is 1.16 bits per heavy atom. The van der Waals surface area contributed by atoms with E-state index >= 15 is 0 Å². The van der Waals surface area contributed by atoms with Crippen LogP contribution >= 0.6 is 11.8 Å². The highest BCUT2D eigenvalue weighted by Crippen LogP contribution is 2.36. The third kappa shape index (κ3) is 5.68. The van der Waals surface area contributed by atoms with Crippen LogP contribution < -0.4 is 15.8 Å². The first-order valence-corrected chi connectivity index (χ1v) is 9.95. The fraction of sp³-hybridized carbons (Fsp3) is 0.190. The number of benzene rings is 2. The molecule has 1 unspecified atom stereocenters. The van der Waals surface area contributed by atoms with Gasteiger partial charge in [0.15, 0.2) is 0 Å². The SMILES string of the molecule is COC(=O)C(N)Cc1ccc(Oc2ccc(C=C3SC(=O)NC3=O)cc2)cc1C(F)(F)F. The van der Waals surface area contributed by atoms with Gasteiger partial charge >= 0.3 is 12.1 Å². The number of nitrogens with one attached hydrogen (secondary N) is 1. The van der Waals surface area contributed by atoms with Crippen LogP contribution in [-0.2, 0) is 26.9 Å². The number of rotatable bonds is 6. The van der Waals surface area contributed by atoms with Crippen molar-refractivity contribution in [3.05, 3.63) is 64.1 Å². The molecule has 0 aromatic heterocycles. The minimum absolute atomic E-state index is 0.0601. The van der Waals surface area contributed by atoms with Crippen LogP contribution in [0.2, 0.25) is 0 Å². The molecule has 0 radical (unpaired) electrons. The van der Waals surface area contributed by atoms with Crippen molar-refractivity contribution < 1.29 is 37.0 Å². The number of thioether (sulfide) groups is 1. The van der Waals surface area contributed by atoms with Crippen LogP contribution in [0.25, 0.3) is 6.08 Å². The molecular formula is C21H17F3N2O5S. The Balaban J connectivity index is 1.78. The highest BCUT2D eigenvalue weighted by Gasteiger charge is 2.34. The summed E-state index contributed by atoms with van der Waals surface area (Å²) in [5, 5.41) is 1.68. The number of carbonyl (C=O) groups is 3. The highest BCUT2D eigenvalue weighted by atomic mass is 32.2. The van der Waals surface area contributed by atoms with Crippen LogP contribution in [-0.4, -0.2) is 30.3 Å². The molecule has 1 saturated heterocycles. The molecule has 3 N–H and O–H groups in total. The van der Waals surface area contributed by atoms with E-state index in [9.17, 15) is 27.6 Å². The molecule has 32 heavy (non-hydrogen) atoms. The lowest BCUT2D eigenvalue weighted by Gasteiger charge is -2.17. The zero-order valence-corrected chi connectivity index (χ0v) is 17.4. The molecule has 0 spiro atoms. The van der Waals surface area contributed by atoms with Crippen molar-refractivity contribution in [1.82, 2.24) is 5.32 Å². The molecule has 0 saturated carbocycles. The van der Waals surface area contributed by atoms with Crippen LogP contribution in [0.15, 0.2) is 47.4 Å². The number of ether oxygens (including phenoxy) is 2. The second-order valence-corrected chi connectivity index (χ2v) is 7.69. The van der Waals surface area contributed by atoms with Gasteiger partial charge in [-0.15, -0.1) is 0 Å². The largest absolute Gasteiger partial charge is 0.468 e. The lowest BCUT2D eigenvalue weighted by atomic mass is 9.99. The van der Waals surface area contributed by atoms with Gasteiger partial charge in [0, 0.05) is 0 Å². The quantitative estimate of drug-likeness (QED) is 0.492. The molecule has 1 atom stereocenters. The van der Waals surface area contributed by atoms with E-state index in [0.29, 0.717) is 5.56 Å². The highest BCUT2D eigenvalue weighted by molar-refractivity contribution is 8.18. The van der Waals surface area contributed by atoms with Crippen LogP contribution in [0.3, 0.4) is 0 Å². The molecule has 0 bridgehead atoms. The van der Waals surface area contributed by atoms with Crippen molar-refractivity contribution in [2.45, 2.75) is 18.6 Å². The van der Waals surface area contributed by atoms with Gasteiger partial charge in [0.2, 0.25) is 0 Å². The topological polar surface area (TPSA) is 108 Å². The van der Waals surface area contributed by atoms with Gasteiger partial charge in [0.05, 0.1) is 17.6 Å². The fourth-order valence-electron chi connectivity index (χ4n) is 2.87. The standard InChI is InChI=1S/C21H17F3N2O5S/c1-30-19(28)16(25)9-12-4-7-14(10-15(12)21(22,23)24)31-13-5-2-11(3-6-13)8-17-18(27)26-20(29)32-17/h2-8,10,16H,9,25H2,1H3,(H,26,27,29). The zero-order valence-electron chi connectivity index (χ0n) is 16.6.